The third-order valence-electron chi connectivity index (χ3n) is 2.32. The van der Waals surface area contributed by atoms with Gasteiger partial charge in [-0.25, -0.2) is 8.37 Å². The molecule has 16 heteroatoms. The van der Waals surface area contributed by atoms with Crippen LogP contribution in [0.3, 0.4) is 0 Å². The zero-order chi connectivity index (χ0) is 22.4. The highest BCUT2D eigenvalue weighted by Crippen LogP contribution is 2.16. The molecule has 0 aromatic carbocycles. The molecule has 0 spiro atoms. The van der Waals surface area contributed by atoms with Crippen LogP contribution >= 0.6 is 0 Å². The van der Waals surface area contributed by atoms with Gasteiger partial charge < -0.3 is 0 Å². The van der Waals surface area contributed by atoms with Crippen LogP contribution < -0.4 is 0 Å². The Kier molecular flexibility index (Phi) is 10.4. The van der Waals surface area contributed by atoms with Crippen LogP contribution in [0.25, 0.3) is 0 Å². The molecular weight excluding hydrogens is 472 g/mol. The highest BCUT2D eigenvalue weighted by Gasteiger charge is 2.29. The summed E-state index contributed by atoms with van der Waals surface area (Å²) in [5, 5.41) is 0. The van der Waals surface area contributed by atoms with Crippen LogP contribution in [-0.4, -0.2) is 67.5 Å². The third kappa shape index (κ3) is 17.0. The second-order valence-electron chi connectivity index (χ2n) is 7.88. The quantitative estimate of drug-likeness (QED) is 0.192. The van der Waals surface area contributed by atoms with Crippen molar-refractivity contribution in [3.8, 4) is 0 Å². The molecule has 0 bridgehead atoms. The van der Waals surface area contributed by atoms with Crippen LogP contribution in [0, 0.1) is 0 Å². The summed E-state index contributed by atoms with van der Waals surface area (Å²) in [6, 6.07) is 0. The Morgan fingerprint density at radius 1 is 0.750 bits per heavy atom. The molecule has 1 unspecified atom stereocenters. The fourth-order valence-corrected chi connectivity index (χ4v) is 8.11. The lowest BCUT2D eigenvalue weighted by Gasteiger charge is -2.21. The van der Waals surface area contributed by atoms with E-state index in [1.165, 1.54) is 0 Å². The number of hydrogen-bond acceptors (Lipinski definition) is 11. The Balaban J connectivity index is 4.87. The lowest BCUT2D eigenvalue weighted by molar-refractivity contribution is 0.110. The second kappa shape index (κ2) is 10.4. The molecule has 0 rings (SSSR count). The molecule has 28 heavy (non-hydrogen) atoms. The van der Waals surface area contributed by atoms with E-state index in [9.17, 15) is 25.3 Å². The average molecular weight is 503 g/mol. The van der Waals surface area contributed by atoms with Gasteiger partial charge in [0, 0.05) is 0 Å². The molecule has 0 N–H and O–H groups in total. The summed E-state index contributed by atoms with van der Waals surface area (Å²) in [5.74, 6) is 0. The summed E-state index contributed by atoms with van der Waals surface area (Å²) >= 11 is 0. The first-order valence-electron chi connectivity index (χ1n) is 8.28. The molecule has 0 aliphatic rings. The van der Waals surface area contributed by atoms with E-state index in [1.54, 1.807) is 39.3 Å². The molecule has 0 aliphatic carbocycles. The van der Waals surface area contributed by atoms with Crippen molar-refractivity contribution in [1.29, 1.82) is 0 Å². The molecule has 0 saturated carbocycles. The van der Waals surface area contributed by atoms with Gasteiger partial charge in [-0.3, -0.25) is 11.9 Å². The molecule has 0 radical (unpaired) electrons. The fourth-order valence-electron chi connectivity index (χ4n) is 1.65. The Morgan fingerprint density at radius 2 is 1.21 bits per heavy atom. The SMILES string of the molecule is C[Si](C)(C)OS(=O)(=O)OCCCC(COS(C)(=O)=O)OS(=O)(=O)O[Si](C)(C)C. The van der Waals surface area contributed by atoms with E-state index in [0.29, 0.717) is 0 Å². The summed E-state index contributed by atoms with van der Waals surface area (Å²) in [7, 11) is -17.3. The monoisotopic (exact) mass is 502 g/mol. The van der Waals surface area contributed by atoms with Crippen molar-refractivity contribution >= 4 is 47.6 Å². The molecule has 0 amide bonds. The van der Waals surface area contributed by atoms with Crippen LogP contribution in [0.2, 0.25) is 39.3 Å². The van der Waals surface area contributed by atoms with Crippen LogP contribution in [-0.2, 0) is 51.2 Å². The molecule has 11 nitrogen and oxygen atoms in total. The van der Waals surface area contributed by atoms with Gasteiger partial charge in [0.2, 0.25) is 16.6 Å². The van der Waals surface area contributed by atoms with Crippen molar-refractivity contribution < 1.29 is 45.5 Å². The molecule has 0 aliphatic heterocycles. The van der Waals surface area contributed by atoms with Crippen molar-refractivity contribution in [2.24, 2.45) is 0 Å². The van der Waals surface area contributed by atoms with E-state index in [2.05, 4.69) is 4.18 Å². The maximum atomic E-state index is 12.0. The maximum Gasteiger partial charge on any atom is 0.390 e. The van der Waals surface area contributed by atoms with Gasteiger partial charge in [-0.1, -0.05) is 0 Å². The van der Waals surface area contributed by atoms with Crippen LogP contribution in [0.5, 0.6) is 0 Å². The van der Waals surface area contributed by atoms with Gasteiger partial charge in [-0.15, -0.1) is 0 Å². The topological polar surface area (TPSA) is 149 Å². The standard InChI is InChI=1S/C12H30O11S3Si2/c1-24(13,14)20-11-12(21-26(17,18)23-28(5,6)7)9-8-10-19-25(15,16)22-27(2,3)4/h12H,8-11H2,1-7H3. The zero-order valence-electron chi connectivity index (χ0n) is 17.1. The lowest BCUT2D eigenvalue weighted by Crippen LogP contribution is -2.34. The summed E-state index contributed by atoms with van der Waals surface area (Å²) in [4.78, 5) is 0. The minimum Gasteiger partial charge on any atom is -0.294 e. The molecule has 0 aromatic rings. The molecule has 1 atom stereocenters. The largest absolute Gasteiger partial charge is 0.390 e. The maximum absolute atomic E-state index is 12.0. The normalized spacial score (nSPS) is 15.5. The molecule has 0 aromatic heterocycles. The van der Waals surface area contributed by atoms with Gasteiger partial charge >= 0.3 is 20.8 Å². The fraction of sp³-hybridized carbons (Fsp3) is 1.00. The Bertz CT molecular complexity index is 793. The van der Waals surface area contributed by atoms with E-state index in [1.807, 2.05) is 0 Å². The van der Waals surface area contributed by atoms with E-state index in [0.717, 1.165) is 6.26 Å². The van der Waals surface area contributed by atoms with E-state index < -0.39 is 60.3 Å². The lowest BCUT2D eigenvalue weighted by atomic mass is 10.2. The molecule has 0 saturated heterocycles. The van der Waals surface area contributed by atoms with Crippen molar-refractivity contribution in [1.82, 2.24) is 0 Å². The highest BCUT2D eigenvalue weighted by atomic mass is 32.3. The molecule has 0 heterocycles. The van der Waals surface area contributed by atoms with Gasteiger partial charge in [0.1, 0.15) is 6.10 Å². The summed E-state index contributed by atoms with van der Waals surface area (Å²) < 4.78 is 93.6. The van der Waals surface area contributed by atoms with E-state index in [4.69, 9.17) is 16.1 Å². The zero-order valence-corrected chi connectivity index (χ0v) is 21.6. The first kappa shape index (κ1) is 28.1. The third-order valence-corrected chi connectivity index (χ3v) is 9.48. The average Bonchev–Trinajstić information content (AvgIpc) is 2.33. The Hall–Kier alpha value is 0.0838. The predicted molar refractivity (Wildman–Crippen MR) is 108 cm³/mol. The first-order chi connectivity index (χ1) is 12.2. The Morgan fingerprint density at radius 3 is 1.64 bits per heavy atom. The van der Waals surface area contributed by atoms with Crippen molar-refractivity contribution in [2.45, 2.75) is 58.2 Å². The van der Waals surface area contributed by atoms with Gasteiger partial charge in [0.05, 0.1) is 19.5 Å². The number of rotatable bonds is 14. The number of hydrogen-bond donors (Lipinski definition) is 0. The van der Waals surface area contributed by atoms with Crippen LogP contribution in [0.15, 0.2) is 0 Å². The highest BCUT2D eigenvalue weighted by molar-refractivity contribution is 7.86. The minimum atomic E-state index is -4.39. The van der Waals surface area contributed by atoms with E-state index >= 15 is 0 Å². The molecule has 170 valence electrons. The summed E-state index contributed by atoms with van der Waals surface area (Å²) in [6.07, 6.45) is -0.429. The molecular formula is C12H30O11S3Si2. The summed E-state index contributed by atoms with van der Waals surface area (Å²) in [5.41, 5.74) is 0. The smallest absolute Gasteiger partial charge is 0.294 e. The minimum absolute atomic E-state index is 0.0363. The van der Waals surface area contributed by atoms with Gasteiger partial charge in [0.25, 0.3) is 10.1 Å². The predicted octanol–water partition coefficient (Wildman–Crippen LogP) is 1.34. The van der Waals surface area contributed by atoms with Crippen LogP contribution in [0.4, 0.5) is 0 Å². The van der Waals surface area contributed by atoms with Gasteiger partial charge in [-0.2, -0.15) is 25.3 Å². The summed E-state index contributed by atoms with van der Waals surface area (Å²) in [6.45, 7) is 9.02. The van der Waals surface area contributed by atoms with E-state index in [-0.39, 0.29) is 19.4 Å². The van der Waals surface area contributed by atoms with Crippen LogP contribution in [0.1, 0.15) is 12.8 Å². The van der Waals surface area contributed by atoms with Gasteiger partial charge in [-0.05, 0) is 52.1 Å². The molecule has 0 fully saturated rings. The Labute approximate surface area is 170 Å². The first-order valence-corrected chi connectivity index (χ1v) is 19.6. The van der Waals surface area contributed by atoms with Crippen molar-refractivity contribution in [3.05, 3.63) is 0 Å². The van der Waals surface area contributed by atoms with Crippen molar-refractivity contribution in [2.75, 3.05) is 19.5 Å². The van der Waals surface area contributed by atoms with Crippen molar-refractivity contribution in [3.63, 3.8) is 0 Å². The second-order valence-corrected chi connectivity index (χ2v) is 21.4. The van der Waals surface area contributed by atoms with Gasteiger partial charge in [0.15, 0.2) is 0 Å².